The Morgan fingerprint density at radius 1 is 1.05 bits per heavy atom. The summed E-state index contributed by atoms with van der Waals surface area (Å²) in [5.74, 6) is -1.20. The van der Waals surface area contributed by atoms with E-state index in [-0.39, 0.29) is 18.2 Å². The van der Waals surface area contributed by atoms with Crippen LogP contribution in [0.4, 0.5) is 0 Å². The number of methoxy groups -OCH3 is 1. The second-order valence-electron chi connectivity index (χ2n) is 11.2. The molecule has 3 aromatic carbocycles. The number of amides is 1. The van der Waals surface area contributed by atoms with E-state index in [1.165, 1.54) is 5.56 Å². The van der Waals surface area contributed by atoms with E-state index in [4.69, 9.17) is 4.74 Å². The van der Waals surface area contributed by atoms with E-state index in [0.29, 0.717) is 29.5 Å². The highest BCUT2D eigenvalue weighted by Gasteiger charge is 2.32. The largest absolute Gasteiger partial charge is 0.480 e. The van der Waals surface area contributed by atoms with Gasteiger partial charge in [0.25, 0.3) is 5.91 Å². The monoisotopic (exact) mass is 624 g/mol. The minimum Gasteiger partial charge on any atom is -0.480 e. The third-order valence-corrected chi connectivity index (χ3v) is 10.00. The number of ether oxygens (including phenoxy) is 1. The molecule has 230 valence electrons. The molecule has 0 aromatic heterocycles. The van der Waals surface area contributed by atoms with E-state index < -0.39 is 27.8 Å². The first-order valence-electron chi connectivity index (χ1n) is 14.3. The molecule has 0 aliphatic carbocycles. The van der Waals surface area contributed by atoms with Crippen molar-refractivity contribution in [1.29, 1.82) is 0 Å². The molecule has 1 saturated heterocycles. The van der Waals surface area contributed by atoms with E-state index in [2.05, 4.69) is 34.5 Å². The number of hydrogen-bond donors (Lipinski definition) is 2. The zero-order valence-corrected chi connectivity index (χ0v) is 26.5. The van der Waals surface area contributed by atoms with Crippen molar-refractivity contribution in [2.75, 3.05) is 32.3 Å². The van der Waals surface area contributed by atoms with Crippen LogP contribution < -0.4 is 5.32 Å². The molecule has 0 saturated carbocycles. The molecule has 0 spiro atoms. The van der Waals surface area contributed by atoms with Gasteiger partial charge in [-0.25, -0.2) is 13.2 Å². The lowest BCUT2D eigenvalue weighted by molar-refractivity contribution is -0.139. The van der Waals surface area contributed by atoms with E-state index in [1.54, 1.807) is 13.2 Å². The lowest BCUT2D eigenvalue weighted by atomic mass is 9.93. The third-order valence-electron chi connectivity index (χ3n) is 7.71. The summed E-state index contributed by atoms with van der Waals surface area (Å²) in [4.78, 5) is 27.8. The lowest BCUT2D eigenvalue weighted by Gasteiger charge is -2.24. The fourth-order valence-electron chi connectivity index (χ4n) is 5.45. The SMILES string of the molecule is COC[C@H]1CC(SCc2ccccc2)CN1Cc1ccc(C(=O)N[C@@H](CCS(C)(=O)=O)C(=O)O)c(-c2ccccc2C)c1. The summed E-state index contributed by atoms with van der Waals surface area (Å²) in [7, 11) is -1.66. The van der Waals surface area contributed by atoms with Crippen LogP contribution in [0.3, 0.4) is 0 Å². The molecular weight excluding hydrogens is 585 g/mol. The number of thioether (sulfide) groups is 1. The normalized spacial score (nSPS) is 17.9. The van der Waals surface area contributed by atoms with Crippen molar-refractivity contribution in [3.8, 4) is 11.1 Å². The number of aliphatic carboxylic acids is 1. The highest BCUT2D eigenvalue weighted by molar-refractivity contribution is 7.99. The summed E-state index contributed by atoms with van der Waals surface area (Å²) in [5, 5.41) is 12.7. The number of carboxylic acid groups (broad SMARTS) is 1. The zero-order chi connectivity index (χ0) is 31.0. The molecule has 8 nitrogen and oxygen atoms in total. The van der Waals surface area contributed by atoms with Crippen molar-refractivity contribution in [2.45, 2.75) is 49.4 Å². The molecular formula is C33H40N2O6S2. The number of carbonyl (C=O) groups is 2. The minimum atomic E-state index is -3.39. The molecule has 2 N–H and O–H groups in total. The smallest absolute Gasteiger partial charge is 0.326 e. The lowest BCUT2D eigenvalue weighted by Crippen LogP contribution is -2.42. The van der Waals surface area contributed by atoms with Crippen LogP contribution in [-0.4, -0.2) is 79.9 Å². The summed E-state index contributed by atoms with van der Waals surface area (Å²) in [6.45, 7) is 4.22. The Balaban J connectivity index is 1.56. The van der Waals surface area contributed by atoms with Crippen LogP contribution in [0.1, 0.15) is 39.9 Å². The van der Waals surface area contributed by atoms with Crippen LogP contribution in [0.5, 0.6) is 0 Å². The first-order chi connectivity index (χ1) is 20.5. The second kappa shape index (κ2) is 15.0. The Hall–Kier alpha value is -3.18. The van der Waals surface area contributed by atoms with Crippen molar-refractivity contribution in [3.63, 3.8) is 0 Å². The predicted molar refractivity (Wildman–Crippen MR) is 172 cm³/mol. The highest BCUT2D eigenvalue weighted by Crippen LogP contribution is 2.33. The first-order valence-corrected chi connectivity index (χ1v) is 17.4. The topological polar surface area (TPSA) is 113 Å². The Kier molecular flexibility index (Phi) is 11.4. The van der Waals surface area contributed by atoms with Gasteiger partial charge in [-0.15, -0.1) is 0 Å². The summed E-state index contributed by atoms with van der Waals surface area (Å²) in [5.41, 5.74) is 5.26. The Morgan fingerprint density at radius 2 is 1.77 bits per heavy atom. The van der Waals surface area contributed by atoms with Gasteiger partial charge < -0.3 is 15.2 Å². The summed E-state index contributed by atoms with van der Waals surface area (Å²) in [6, 6.07) is 22.9. The number of nitrogens with one attached hydrogen (secondary N) is 1. The molecule has 1 heterocycles. The van der Waals surface area contributed by atoms with Gasteiger partial charge in [0.15, 0.2) is 0 Å². The molecule has 43 heavy (non-hydrogen) atoms. The van der Waals surface area contributed by atoms with Crippen LogP contribution in [0.15, 0.2) is 72.8 Å². The third kappa shape index (κ3) is 9.40. The van der Waals surface area contributed by atoms with E-state index >= 15 is 0 Å². The number of hydrogen-bond acceptors (Lipinski definition) is 7. The maximum Gasteiger partial charge on any atom is 0.326 e. The van der Waals surface area contributed by atoms with Gasteiger partial charge in [-0.2, -0.15) is 11.8 Å². The van der Waals surface area contributed by atoms with Crippen molar-refractivity contribution < 1.29 is 27.9 Å². The molecule has 4 rings (SSSR count). The van der Waals surface area contributed by atoms with Crippen molar-refractivity contribution in [1.82, 2.24) is 10.2 Å². The molecule has 1 unspecified atom stereocenters. The van der Waals surface area contributed by atoms with Gasteiger partial charge in [-0.1, -0.05) is 60.7 Å². The summed E-state index contributed by atoms with van der Waals surface area (Å²) in [6.07, 6.45) is 1.86. The number of carboxylic acids is 1. The van der Waals surface area contributed by atoms with E-state index in [1.807, 2.05) is 61.2 Å². The molecule has 1 aliphatic heterocycles. The van der Waals surface area contributed by atoms with Gasteiger partial charge in [-0.05, 0) is 59.7 Å². The summed E-state index contributed by atoms with van der Waals surface area (Å²) >= 11 is 1.97. The second-order valence-corrected chi connectivity index (χ2v) is 14.7. The van der Waals surface area contributed by atoms with Gasteiger partial charge in [-0.3, -0.25) is 9.69 Å². The first kappa shape index (κ1) is 32.7. The Bertz CT molecular complexity index is 1510. The van der Waals surface area contributed by atoms with Gasteiger partial charge in [0.1, 0.15) is 15.9 Å². The van der Waals surface area contributed by atoms with Crippen LogP contribution in [0.25, 0.3) is 11.1 Å². The fourth-order valence-corrected chi connectivity index (χ4v) is 7.39. The van der Waals surface area contributed by atoms with Gasteiger partial charge >= 0.3 is 5.97 Å². The van der Waals surface area contributed by atoms with E-state index in [0.717, 1.165) is 41.7 Å². The Morgan fingerprint density at radius 3 is 2.44 bits per heavy atom. The molecule has 10 heteroatoms. The minimum absolute atomic E-state index is 0.211. The molecule has 3 aromatic rings. The number of carbonyl (C=O) groups excluding carboxylic acids is 1. The van der Waals surface area contributed by atoms with E-state index in [9.17, 15) is 23.1 Å². The molecule has 1 aliphatic rings. The average Bonchev–Trinajstić information content (AvgIpc) is 3.35. The number of rotatable bonds is 14. The number of aryl methyl sites for hydroxylation is 1. The van der Waals surface area contributed by atoms with Crippen LogP contribution in [0.2, 0.25) is 0 Å². The molecule has 1 fully saturated rings. The van der Waals surface area contributed by atoms with Crippen LogP contribution >= 0.6 is 11.8 Å². The van der Waals surface area contributed by atoms with Crippen LogP contribution in [-0.2, 0) is 31.7 Å². The molecule has 3 atom stereocenters. The standard InChI is InChI=1S/C33H40N2O6S2/c1-23-9-7-8-12-28(23)30-17-25(13-14-29(30)32(36)34-31(33(37)38)15-16-43(3,39)40)19-35-20-27(18-26(35)21-41-2)42-22-24-10-5-4-6-11-24/h4-14,17,26-27,31H,15-16,18-22H2,1-3H3,(H,34,36)(H,37,38)/t26-,27?,31+/m1/s1. The van der Waals surface area contributed by atoms with Crippen molar-refractivity contribution in [3.05, 3.63) is 95.1 Å². The van der Waals surface area contributed by atoms with Gasteiger partial charge in [0.2, 0.25) is 0 Å². The maximum atomic E-state index is 13.5. The highest BCUT2D eigenvalue weighted by atomic mass is 32.2. The summed E-state index contributed by atoms with van der Waals surface area (Å²) < 4.78 is 28.8. The van der Waals surface area contributed by atoms with Crippen molar-refractivity contribution >= 4 is 33.5 Å². The van der Waals surface area contributed by atoms with Gasteiger partial charge in [0.05, 0.1) is 12.4 Å². The molecule has 0 bridgehead atoms. The zero-order valence-electron chi connectivity index (χ0n) is 24.9. The Labute approximate surface area is 258 Å². The van der Waals surface area contributed by atoms with Crippen molar-refractivity contribution in [2.24, 2.45) is 0 Å². The fraction of sp³-hybridized carbons (Fsp3) is 0.394. The number of likely N-dealkylation sites (tertiary alicyclic amines) is 1. The average molecular weight is 625 g/mol. The number of sulfone groups is 1. The van der Waals surface area contributed by atoms with Crippen LogP contribution in [0, 0.1) is 6.92 Å². The number of benzene rings is 3. The van der Waals surface area contributed by atoms with Gasteiger partial charge in [0, 0.05) is 49.1 Å². The molecule has 1 amide bonds. The number of nitrogens with zero attached hydrogens (tertiary/aromatic N) is 1. The quantitative estimate of drug-likeness (QED) is 0.263. The predicted octanol–water partition coefficient (Wildman–Crippen LogP) is 4.80. The molecule has 0 radical (unpaired) electrons. The maximum absolute atomic E-state index is 13.5.